The zero-order chi connectivity index (χ0) is 21.5. The van der Waals surface area contributed by atoms with E-state index in [4.69, 9.17) is 0 Å². The molecule has 9 heteroatoms. The molecular formula is C22H21F2N5O2. The Labute approximate surface area is 177 Å². The van der Waals surface area contributed by atoms with Crippen LogP contribution in [0.5, 0.6) is 0 Å². The number of carbonyl (C=O) groups is 1. The number of hydrazone groups is 1. The van der Waals surface area contributed by atoms with E-state index in [-0.39, 0.29) is 29.9 Å². The predicted molar refractivity (Wildman–Crippen MR) is 110 cm³/mol. The molecule has 0 saturated heterocycles. The molecule has 1 unspecified atom stereocenters. The lowest BCUT2D eigenvalue weighted by molar-refractivity contribution is -0.134. The molecule has 0 bridgehead atoms. The maximum absolute atomic E-state index is 14.1. The van der Waals surface area contributed by atoms with Crippen molar-refractivity contribution in [3.8, 4) is 0 Å². The summed E-state index contributed by atoms with van der Waals surface area (Å²) >= 11 is 0. The topological polar surface area (TPSA) is 81.4 Å². The van der Waals surface area contributed by atoms with Gasteiger partial charge >= 0.3 is 5.97 Å². The number of aromatic nitrogens is 1. The van der Waals surface area contributed by atoms with E-state index in [0.717, 1.165) is 25.7 Å². The third-order valence-corrected chi connectivity index (χ3v) is 6.29. The SMILES string of the molecule is O=C(O)C1=C2CC=C(F)C=C2N=CC2N1C=NN2C1CCC(c2ncccc2F)CC1. The van der Waals surface area contributed by atoms with Gasteiger partial charge in [0, 0.05) is 29.9 Å². The highest BCUT2D eigenvalue weighted by atomic mass is 19.1. The summed E-state index contributed by atoms with van der Waals surface area (Å²) in [4.78, 5) is 22.3. The summed E-state index contributed by atoms with van der Waals surface area (Å²) in [6, 6.07) is 3.09. The number of rotatable bonds is 3. The third-order valence-electron chi connectivity index (χ3n) is 6.29. The molecule has 3 heterocycles. The van der Waals surface area contributed by atoms with Crippen LogP contribution in [0.25, 0.3) is 0 Å². The van der Waals surface area contributed by atoms with Gasteiger partial charge in [-0.2, -0.15) is 5.10 Å². The minimum absolute atomic E-state index is 0.0571. The largest absolute Gasteiger partial charge is 0.477 e. The van der Waals surface area contributed by atoms with Crippen LogP contribution in [-0.4, -0.2) is 50.7 Å². The molecule has 5 rings (SSSR count). The summed E-state index contributed by atoms with van der Waals surface area (Å²) in [6.07, 6.45) is 10.1. The van der Waals surface area contributed by atoms with E-state index in [1.807, 2.05) is 5.01 Å². The molecular weight excluding hydrogens is 404 g/mol. The van der Waals surface area contributed by atoms with E-state index >= 15 is 0 Å². The van der Waals surface area contributed by atoms with Crippen molar-refractivity contribution in [2.24, 2.45) is 10.1 Å². The molecule has 1 atom stereocenters. The first-order valence-electron chi connectivity index (χ1n) is 10.3. The first-order valence-corrected chi connectivity index (χ1v) is 10.3. The monoisotopic (exact) mass is 425 g/mol. The molecule has 0 radical (unpaired) electrons. The molecule has 1 aromatic rings. The number of allylic oxidation sites excluding steroid dienone is 4. The average Bonchev–Trinajstić information content (AvgIpc) is 3.10. The highest BCUT2D eigenvalue weighted by Gasteiger charge is 2.40. The second-order valence-electron chi connectivity index (χ2n) is 8.04. The van der Waals surface area contributed by atoms with Crippen LogP contribution in [0.15, 0.2) is 63.4 Å². The van der Waals surface area contributed by atoms with E-state index in [2.05, 4.69) is 15.1 Å². The standard InChI is InChI=1S/C22H21F2N5O2/c23-14-5-8-16-18(10-14)26-11-19-28(21(16)22(30)31)12-27-29(19)15-6-3-13(4-7-15)20-17(24)2-1-9-25-20/h1-2,5,9-13,15,19H,3-4,6-8H2,(H,30,31). The minimum atomic E-state index is -1.10. The Bertz CT molecular complexity index is 1070. The molecule has 2 aliphatic heterocycles. The van der Waals surface area contributed by atoms with Crippen LogP contribution in [0.4, 0.5) is 8.78 Å². The Morgan fingerprint density at radius 3 is 2.74 bits per heavy atom. The first kappa shape index (κ1) is 19.6. The molecule has 1 aromatic heterocycles. The van der Waals surface area contributed by atoms with Crippen molar-refractivity contribution >= 4 is 18.5 Å². The van der Waals surface area contributed by atoms with Gasteiger partial charge in [-0.25, -0.2) is 13.6 Å². The maximum atomic E-state index is 14.1. The average molecular weight is 425 g/mol. The summed E-state index contributed by atoms with van der Waals surface area (Å²) < 4.78 is 27.8. The number of fused-ring (bicyclic) bond motifs is 2. The fourth-order valence-electron chi connectivity index (χ4n) is 4.79. The van der Waals surface area contributed by atoms with Crippen LogP contribution >= 0.6 is 0 Å². The number of hydrogen-bond acceptors (Lipinski definition) is 6. The molecule has 4 aliphatic rings. The lowest BCUT2D eigenvalue weighted by atomic mass is 9.83. The Balaban J connectivity index is 1.37. The van der Waals surface area contributed by atoms with Gasteiger partial charge in [-0.05, 0) is 56.4 Å². The predicted octanol–water partition coefficient (Wildman–Crippen LogP) is 3.70. The molecule has 0 amide bonds. The number of nitrogens with zero attached hydrogens (tertiary/aromatic N) is 5. The van der Waals surface area contributed by atoms with E-state index in [1.54, 1.807) is 23.4 Å². The number of aliphatic imine (C=N–C) groups is 1. The second-order valence-corrected chi connectivity index (χ2v) is 8.04. The normalized spacial score (nSPS) is 27.5. The van der Waals surface area contributed by atoms with Gasteiger partial charge in [0.05, 0.1) is 11.4 Å². The van der Waals surface area contributed by atoms with Crippen molar-refractivity contribution in [3.63, 3.8) is 0 Å². The Morgan fingerprint density at radius 1 is 1.19 bits per heavy atom. The van der Waals surface area contributed by atoms with E-state index < -0.39 is 18.0 Å². The van der Waals surface area contributed by atoms with E-state index in [0.29, 0.717) is 17.0 Å². The number of hydrogen-bond donors (Lipinski definition) is 1. The number of halogens is 2. The lowest BCUT2D eigenvalue weighted by Gasteiger charge is -2.37. The van der Waals surface area contributed by atoms with Gasteiger partial charge in [0.1, 0.15) is 23.7 Å². The molecule has 160 valence electrons. The number of carboxylic acids is 1. The molecule has 1 fully saturated rings. The molecule has 7 nitrogen and oxygen atoms in total. The van der Waals surface area contributed by atoms with Crippen molar-refractivity contribution < 1.29 is 18.7 Å². The van der Waals surface area contributed by atoms with Gasteiger partial charge in [-0.1, -0.05) is 0 Å². The van der Waals surface area contributed by atoms with Crippen LogP contribution < -0.4 is 0 Å². The first-order chi connectivity index (χ1) is 15.0. The van der Waals surface area contributed by atoms with Crippen LogP contribution in [0, 0.1) is 5.82 Å². The summed E-state index contributed by atoms with van der Waals surface area (Å²) in [6.45, 7) is 0. The van der Waals surface area contributed by atoms with Crippen molar-refractivity contribution in [1.29, 1.82) is 0 Å². The zero-order valence-electron chi connectivity index (χ0n) is 16.7. The molecule has 1 N–H and O–H groups in total. The lowest BCUT2D eigenvalue weighted by Crippen LogP contribution is -2.47. The number of pyridine rings is 1. The van der Waals surface area contributed by atoms with Crippen LogP contribution in [0.3, 0.4) is 0 Å². The summed E-state index contributed by atoms with van der Waals surface area (Å²) in [7, 11) is 0. The smallest absolute Gasteiger partial charge is 0.353 e. The Morgan fingerprint density at radius 2 is 2.00 bits per heavy atom. The van der Waals surface area contributed by atoms with Crippen LogP contribution in [-0.2, 0) is 4.79 Å². The van der Waals surface area contributed by atoms with E-state index in [1.165, 1.54) is 24.6 Å². The van der Waals surface area contributed by atoms with Crippen molar-refractivity contribution in [2.45, 2.75) is 50.2 Å². The van der Waals surface area contributed by atoms with Crippen molar-refractivity contribution in [3.05, 3.63) is 64.8 Å². The minimum Gasteiger partial charge on any atom is -0.477 e. The maximum Gasteiger partial charge on any atom is 0.353 e. The summed E-state index contributed by atoms with van der Waals surface area (Å²) in [5, 5.41) is 16.2. The van der Waals surface area contributed by atoms with Crippen LogP contribution in [0.1, 0.15) is 43.7 Å². The summed E-state index contributed by atoms with van der Waals surface area (Å²) in [5.74, 6) is -1.74. The Kier molecular flexibility index (Phi) is 4.88. The highest BCUT2D eigenvalue weighted by Crippen LogP contribution is 2.38. The molecule has 1 saturated carbocycles. The fourth-order valence-corrected chi connectivity index (χ4v) is 4.79. The molecule has 2 aliphatic carbocycles. The van der Waals surface area contributed by atoms with Crippen molar-refractivity contribution in [2.75, 3.05) is 0 Å². The van der Waals surface area contributed by atoms with Gasteiger partial charge in [0.2, 0.25) is 0 Å². The van der Waals surface area contributed by atoms with Gasteiger partial charge in [0.25, 0.3) is 0 Å². The molecule has 31 heavy (non-hydrogen) atoms. The van der Waals surface area contributed by atoms with Crippen LogP contribution in [0.2, 0.25) is 0 Å². The summed E-state index contributed by atoms with van der Waals surface area (Å²) in [5.41, 5.74) is 1.37. The van der Waals surface area contributed by atoms with Gasteiger partial charge in [0.15, 0.2) is 6.17 Å². The van der Waals surface area contributed by atoms with Gasteiger partial charge < -0.3 is 5.11 Å². The van der Waals surface area contributed by atoms with Gasteiger partial charge in [-0.3, -0.25) is 19.9 Å². The second kappa shape index (κ2) is 7.72. The zero-order valence-corrected chi connectivity index (χ0v) is 16.7. The number of carboxylic acid groups (broad SMARTS) is 1. The van der Waals surface area contributed by atoms with Gasteiger partial charge in [-0.15, -0.1) is 0 Å². The highest BCUT2D eigenvalue weighted by molar-refractivity contribution is 5.94. The van der Waals surface area contributed by atoms with E-state index in [9.17, 15) is 18.7 Å². The fraction of sp³-hybridized carbons (Fsp3) is 0.364. The third kappa shape index (κ3) is 3.43. The quantitative estimate of drug-likeness (QED) is 0.799. The number of aliphatic carboxylic acids is 1. The molecule has 0 aromatic carbocycles. The Hall–Kier alpha value is -3.36. The molecule has 0 spiro atoms. The van der Waals surface area contributed by atoms with Crippen molar-refractivity contribution in [1.82, 2.24) is 14.9 Å².